The van der Waals surface area contributed by atoms with Gasteiger partial charge in [-0.3, -0.25) is 4.79 Å². The molecule has 4 heteroatoms. The molecule has 0 radical (unpaired) electrons. The Morgan fingerprint density at radius 1 is 1.22 bits per heavy atom. The topological polar surface area (TPSA) is 38.3 Å². The van der Waals surface area contributed by atoms with Gasteiger partial charge in [0, 0.05) is 21.1 Å². The third-order valence-corrected chi connectivity index (χ3v) is 4.75. The van der Waals surface area contributed by atoms with Crippen LogP contribution in [-0.4, -0.2) is 11.5 Å². The lowest BCUT2D eigenvalue weighted by molar-refractivity contribution is 0.0619. The van der Waals surface area contributed by atoms with Gasteiger partial charge in [0.2, 0.25) is 0 Å². The summed E-state index contributed by atoms with van der Waals surface area (Å²) in [5.74, 6) is 0.816. The molecule has 2 aromatic carbocycles. The van der Waals surface area contributed by atoms with Crippen molar-refractivity contribution in [2.75, 3.05) is 0 Å². The number of halogens is 1. The average molecular weight is 421 g/mol. The van der Waals surface area contributed by atoms with Crippen molar-refractivity contribution in [1.29, 1.82) is 0 Å². The van der Waals surface area contributed by atoms with Gasteiger partial charge in [-0.15, -0.1) is 0 Å². The first kappa shape index (κ1) is 16.3. The maximum Gasteiger partial charge on any atom is 0.251 e. The summed E-state index contributed by atoms with van der Waals surface area (Å²) in [5.41, 5.74) is 2.61. The second kappa shape index (κ2) is 6.15. The summed E-state index contributed by atoms with van der Waals surface area (Å²) >= 11 is 2.24. The lowest BCUT2D eigenvalue weighted by Crippen LogP contribution is -2.41. The van der Waals surface area contributed by atoms with Crippen LogP contribution in [0, 0.1) is 10.5 Å². The molecule has 120 valence electrons. The molecule has 1 N–H and O–H groups in total. The Balaban J connectivity index is 1.88. The van der Waals surface area contributed by atoms with E-state index in [-0.39, 0.29) is 17.6 Å². The minimum absolute atomic E-state index is 0.0413. The molecule has 0 spiro atoms. The molecule has 1 heterocycles. The van der Waals surface area contributed by atoms with Crippen molar-refractivity contribution in [2.24, 2.45) is 0 Å². The fourth-order valence-electron chi connectivity index (χ4n) is 2.95. The number of nitrogens with one attached hydrogen (secondary N) is 1. The average Bonchev–Trinajstić information content (AvgIpc) is 2.48. The summed E-state index contributed by atoms with van der Waals surface area (Å²) in [4.78, 5) is 12.6. The molecule has 23 heavy (non-hydrogen) atoms. The van der Waals surface area contributed by atoms with E-state index in [1.807, 2.05) is 36.4 Å². The van der Waals surface area contributed by atoms with Crippen molar-refractivity contribution >= 4 is 28.5 Å². The van der Waals surface area contributed by atoms with Crippen molar-refractivity contribution in [2.45, 2.75) is 38.8 Å². The second-order valence-corrected chi connectivity index (χ2v) is 7.89. The SMILES string of the molecule is Cc1ccc2c(c1)[C@@H](NC(=O)c1ccc(I)cc1)CC(C)(C)O2. The normalized spacial score (nSPS) is 18.7. The molecule has 0 unspecified atom stereocenters. The van der Waals surface area contributed by atoms with Gasteiger partial charge in [0.05, 0.1) is 6.04 Å². The molecule has 0 bridgehead atoms. The van der Waals surface area contributed by atoms with E-state index in [0.29, 0.717) is 5.56 Å². The number of carbonyl (C=O) groups is 1. The molecule has 0 aliphatic carbocycles. The van der Waals surface area contributed by atoms with Crippen LogP contribution in [0.5, 0.6) is 5.75 Å². The van der Waals surface area contributed by atoms with E-state index in [1.54, 1.807) is 0 Å². The minimum Gasteiger partial charge on any atom is -0.487 e. The van der Waals surface area contributed by atoms with Gasteiger partial charge >= 0.3 is 0 Å². The molecule has 1 amide bonds. The van der Waals surface area contributed by atoms with Gasteiger partial charge in [-0.1, -0.05) is 17.7 Å². The predicted molar refractivity (Wildman–Crippen MR) is 99.9 cm³/mol. The number of carbonyl (C=O) groups excluding carboxylic acids is 1. The quantitative estimate of drug-likeness (QED) is 0.719. The third kappa shape index (κ3) is 3.68. The van der Waals surface area contributed by atoms with E-state index in [0.717, 1.165) is 21.3 Å². The monoisotopic (exact) mass is 421 g/mol. The fourth-order valence-corrected chi connectivity index (χ4v) is 3.31. The van der Waals surface area contributed by atoms with Crippen molar-refractivity contribution < 1.29 is 9.53 Å². The highest BCUT2D eigenvalue weighted by Crippen LogP contribution is 2.39. The smallest absolute Gasteiger partial charge is 0.251 e. The van der Waals surface area contributed by atoms with Gasteiger partial charge in [0.25, 0.3) is 5.91 Å². The van der Waals surface area contributed by atoms with Gasteiger partial charge in [0.1, 0.15) is 11.4 Å². The van der Waals surface area contributed by atoms with Crippen LogP contribution in [0.3, 0.4) is 0 Å². The van der Waals surface area contributed by atoms with Crippen LogP contribution in [0.4, 0.5) is 0 Å². The number of hydrogen-bond donors (Lipinski definition) is 1. The lowest BCUT2D eigenvalue weighted by Gasteiger charge is -2.38. The molecule has 0 aromatic heterocycles. The highest BCUT2D eigenvalue weighted by molar-refractivity contribution is 14.1. The number of benzene rings is 2. The molecule has 3 nitrogen and oxygen atoms in total. The number of fused-ring (bicyclic) bond motifs is 1. The molecular formula is C19H20INO2. The number of amides is 1. The zero-order valence-corrected chi connectivity index (χ0v) is 15.7. The lowest BCUT2D eigenvalue weighted by atomic mass is 9.88. The third-order valence-electron chi connectivity index (χ3n) is 4.03. The van der Waals surface area contributed by atoms with E-state index < -0.39 is 0 Å². The summed E-state index contributed by atoms with van der Waals surface area (Å²) in [7, 11) is 0. The first-order chi connectivity index (χ1) is 10.8. The summed E-state index contributed by atoms with van der Waals surface area (Å²) in [6.45, 7) is 6.16. The van der Waals surface area contributed by atoms with E-state index >= 15 is 0 Å². The van der Waals surface area contributed by atoms with Crippen LogP contribution in [-0.2, 0) is 0 Å². The number of ether oxygens (including phenoxy) is 1. The molecule has 2 aromatic rings. The van der Waals surface area contributed by atoms with E-state index in [4.69, 9.17) is 4.74 Å². The summed E-state index contributed by atoms with van der Waals surface area (Å²) in [6, 6.07) is 13.7. The molecule has 0 fully saturated rings. The standard InChI is InChI=1S/C19H20INO2/c1-12-4-9-17-15(10-12)16(11-19(2,3)23-17)21-18(22)13-5-7-14(20)8-6-13/h4-10,16H,11H2,1-3H3,(H,21,22)/t16-/m0/s1. The van der Waals surface area contributed by atoms with Crippen LogP contribution in [0.1, 0.15) is 47.8 Å². The largest absolute Gasteiger partial charge is 0.487 e. The fraction of sp³-hybridized carbons (Fsp3) is 0.316. The Hall–Kier alpha value is -1.56. The second-order valence-electron chi connectivity index (χ2n) is 6.64. The van der Waals surface area contributed by atoms with Crippen LogP contribution >= 0.6 is 22.6 Å². The first-order valence-electron chi connectivity index (χ1n) is 7.70. The summed E-state index contributed by atoms with van der Waals surface area (Å²) < 4.78 is 7.17. The number of hydrogen-bond acceptors (Lipinski definition) is 2. The van der Waals surface area contributed by atoms with Gasteiger partial charge in [-0.25, -0.2) is 0 Å². The van der Waals surface area contributed by atoms with Crippen molar-refractivity contribution in [3.05, 3.63) is 62.7 Å². The molecule has 1 aliphatic heterocycles. The Morgan fingerprint density at radius 3 is 2.61 bits per heavy atom. The minimum atomic E-state index is -0.299. The van der Waals surface area contributed by atoms with Crippen LogP contribution in [0.2, 0.25) is 0 Å². The first-order valence-corrected chi connectivity index (χ1v) is 8.78. The molecule has 1 atom stereocenters. The van der Waals surface area contributed by atoms with Crippen LogP contribution < -0.4 is 10.1 Å². The van der Waals surface area contributed by atoms with Gasteiger partial charge in [0.15, 0.2) is 0 Å². The Morgan fingerprint density at radius 2 is 1.91 bits per heavy atom. The van der Waals surface area contributed by atoms with E-state index in [2.05, 4.69) is 54.7 Å². The van der Waals surface area contributed by atoms with Crippen molar-refractivity contribution in [3.63, 3.8) is 0 Å². The van der Waals surface area contributed by atoms with Crippen LogP contribution in [0.15, 0.2) is 42.5 Å². The maximum atomic E-state index is 12.6. The zero-order valence-electron chi connectivity index (χ0n) is 13.5. The summed E-state index contributed by atoms with van der Waals surface area (Å²) in [6.07, 6.45) is 0.750. The van der Waals surface area contributed by atoms with Crippen molar-refractivity contribution in [1.82, 2.24) is 5.32 Å². The zero-order chi connectivity index (χ0) is 16.6. The van der Waals surface area contributed by atoms with Gasteiger partial charge in [-0.2, -0.15) is 0 Å². The van der Waals surface area contributed by atoms with E-state index in [1.165, 1.54) is 5.56 Å². The van der Waals surface area contributed by atoms with Crippen molar-refractivity contribution in [3.8, 4) is 5.75 Å². The summed E-state index contributed by atoms with van der Waals surface area (Å²) in [5, 5.41) is 3.17. The Kier molecular flexibility index (Phi) is 4.36. The molecule has 0 saturated carbocycles. The predicted octanol–water partition coefficient (Wildman–Crippen LogP) is 4.63. The van der Waals surface area contributed by atoms with Gasteiger partial charge < -0.3 is 10.1 Å². The number of rotatable bonds is 2. The highest BCUT2D eigenvalue weighted by Gasteiger charge is 2.34. The Bertz CT molecular complexity index is 738. The van der Waals surface area contributed by atoms with E-state index in [9.17, 15) is 4.79 Å². The molecule has 0 saturated heterocycles. The van der Waals surface area contributed by atoms with Crippen LogP contribution in [0.25, 0.3) is 0 Å². The number of aryl methyl sites for hydroxylation is 1. The Labute approximate surface area is 150 Å². The maximum absolute atomic E-state index is 12.6. The molecule has 3 rings (SSSR count). The van der Waals surface area contributed by atoms with Gasteiger partial charge in [-0.05, 0) is 73.7 Å². The molecular weight excluding hydrogens is 401 g/mol. The molecule has 1 aliphatic rings. The highest BCUT2D eigenvalue weighted by atomic mass is 127.